The number of hydrogen-bond donors (Lipinski definition) is 2. The summed E-state index contributed by atoms with van der Waals surface area (Å²) in [6.07, 6.45) is 0. The topological polar surface area (TPSA) is 58.2 Å². The van der Waals surface area contributed by atoms with Gasteiger partial charge in [-0.2, -0.15) is 0 Å². The first-order valence-electron chi connectivity index (χ1n) is 6.29. The number of benzene rings is 1. The second-order valence-electron chi connectivity index (χ2n) is 4.47. The van der Waals surface area contributed by atoms with E-state index in [2.05, 4.69) is 10.0 Å². The van der Waals surface area contributed by atoms with Gasteiger partial charge in [0.05, 0.1) is 4.90 Å². The molecule has 0 aliphatic heterocycles. The molecule has 1 aromatic heterocycles. The highest BCUT2D eigenvalue weighted by Gasteiger charge is 2.18. The van der Waals surface area contributed by atoms with Crippen LogP contribution >= 0.6 is 11.3 Å². The Kier molecular flexibility index (Phi) is 4.93. The van der Waals surface area contributed by atoms with Gasteiger partial charge in [0.25, 0.3) is 0 Å². The predicted octanol–water partition coefficient (Wildman–Crippen LogP) is 2.25. The molecular weight excluding hydrogens is 292 g/mol. The second-order valence-corrected chi connectivity index (χ2v) is 7.24. The zero-order valence-electron chi connectivity index (χ0n) is 11.5. The maximum absolute atomic E-state index is 12.4. The van der Waals surface area contributed by atoms with Crippen molar-refractivity contribution in [3.05, 3.63) is 51.7 Å². The average Bonchev–Trinajstić information content (AvgIpc) is 2.92. The third-order valence-electron chi connectivity index (χ3n) is 3.07. The number of thiophene rings is 1. The lowest BCUT2D eigenvalue weighted by atomic mass is 10.1. The fourth-order valence-electron chi connectivity index (χ4n) is 1.99. The first-order chi connectivity index (χ1) is 9.54. The molecule has 2 aromatic rings. The molecule has 2 N–H and O–H groups in total. The van der Waals surface area contributed by atoms with E-state index in [0.717, 1.165) is 16.0 Å². The van der Waals surface area contributed by atoms with Gasteiger partial charge in [-0.05, 0) is 42.6 Å². The molecule has 0 radical (unpaired) electrons. The maximum atomic E-state index is 12.4. The molecule has 20 heavy (non-hydrogen) atoms. The van der Waals surface area contributed by atoms with Crippen LogP contribution in [0.25, 0.3) is 0 Å². The van der Waals surface area contributed by atoms with E-state index in [1.807, 2.05) is 37.6 Å². The maximum Gasteiger partial charge on any atom is 0.241 e. The molecule has 1 aromatic carbocycles. The second kappa shape index (κ2) is 6.49. The van der Waals surface area contributed by atoms with E-state index >= 15 is 0 Å². The van der Waals surface area contributed by atoms with Crippen LogP contribution in [0.2, 0.25) is 0 Å². The summed E-state index contributed by atoms with van der Waals surface area (Å²) in [5.74, 6) is 0. The third-order valence-corrected chi connectivity index (χ3v) is 5.49. The van der Waals surface area contributed by atoms with E-state index in [9.17, 15) is 8.42 Å². The fourth-order valence-corrected chi connectivity index (χ4v) is 4.02. The Morgan fingerprint density at radius 3 is 2.60 bits per heavy atom. The van der Waals surface area contributed by atoms with E-state index in [0.29, 0.717) is 18.0 Å². The van der Waals surface area contributed by atoms with Crippen molar-refractivity contribution in [2.24, 2.45) is 0 Å². The molecule has 0 amide bonds. The summed E-state index contributed by atoms with van der Waals surface area (Å²) in [7, 11) is -1.64. The number of sulfonamides is 1. The van der Waals surface area contributed by atoms with Crippen LogP contribution in [0.1, 0.15) is 16.0 Å². The van der Waals surface area contributed by atoms with Gasteiger partial charge in [0.15, 0.2) is 0 Å². The van der Waals surface area contributed by atoms with Gasteiger partial charge in [-0.3, -0.25) is 0 Å². The van der Waals surface area contributed by atoms with Crippen LogP contribution in [0.15, 0.2) is 40.6 Å². The molecule has 0 saturated heterocycles. The van der Waals surface area contributed by atoms with Gasteiger partial charge in [-0.1, -0.05) is 18.2 Å². The Balaban J connectivity index is 2.23. The normalized spacial score (nSPS) is 11.7. The van der Waals surface area contributed by atoms with E-state index in [4.69, 9.17) is 0 Å². The molecule has 1 heterocycles. The highest BCUT2D eigenvalue weighted by Crippen LogP contribution is 2.19. The number of hydrogen-bond acceptors (Lipinski definition) is 4. The average molecular weight is 310 g/mol. The van der Waals surface area contributed by atoms with Gasteiger partial charge < -0.3 is 5.32 Å². The molecule has 0 fully saturated rings. The highest BCUT2D eigenvalue weighted by molar-refractivity contribution is 7.89. The zero-order chi connectivity index (χ0) is 14.6. The number of nitrogens with one attached hydrogen (secondary N) is 2. The molecule has 6 heteroatoms. The Hall–Kier alpha value is -1.21. The lowest BCUT2D eigenvalue weighted by molar-refractivity contribution is 0.581. The van der Waals surface area contributed by atoms with Crippen LogP contribution in [-0.4, -0.2) is 15.5 Å². The van der Waals surface area contributed by atoms with Crippen LogP contribution in [0.5, 0.6) is 0 Å². The van der Waals surface area contributed by atoms with E-state index in [-0.39, 0.29) is 0 Å². The predicted molar refractivity (Wildman–Crippen MR) is 82.3 cm³/mol. The summed E-state index contributed by atoms with van der Waals surface area (Å²) in [5.41, 5.74) is 1.78. The molecule has 0 aliphatic carbocycles. The lowest BCUT2D eigenvalue weighted by Crippen LogP contribution is -2.24. The molecule has 0 spiro atoms. The third kappa shape index (κ3) is 3.46. The smallest absolute Gasteiger partial charge is 0.241 e. The van der Waals surface area contributed by atoms with E-state index < -0.39 is 10.0 Å². The lowest BCUT2D eigenvalue weighted by Gasteiger charge is -2.12. The minimum Gasteiger partial charge on any atom is -0.316 e. The van der Waals surface area contributed by atoms with E-state index in [1.54, 1.807) is 12.1 Å². The van der Waals surface area contributed by atoms with E-state index in [1.165, 1.54) is 11.3 Å². The Labute approximate surface area is 123 Å². The van der Waals surface area contributed by atoms with Crippen molar-refractivity contribution in [3.8, 4) is 0 Å². The minimum atomic E-state index is -3.48. The summed E-state index contributed by atoms with van der Waals surface area (Å²) in [6, 6.07) is 9.18. The molecule has 108 valence electrons. The monoisotopic (exact) mass is 310 g/mol. The number of rotatable bonds is 6. The summed E-state index contributed by atoms with van der Waals surface area (Å²) in [6.45, 7) is 2.82. The standard InChI is InChI=1S/C14H18N2O2S2/c1-11-12(9-15-2)5-3-7-14(11)20(17,18)16-10-13-6-4-8-19-13/h3-8,15-16H,9-10H2,1-2H3. The first-order valence-corrected chi connectivity index (χ1v) is 8.66. The Morgan fingerprint density at radius 1 is 1.15 bits per heavy atom. The SMILES string of the molecule is CNCc1cccc(S(=O)(=O)NCc2cccs2)c1C. The summed E-state index contributed by atoms with van der Waals surface area (Å²) >= 11 is 1.54. The molecular formula is C14H18N2O2S2. The van der Waals surface area contributed by atoms with Gasteiger partial charge in [0, 0.05) is 18.0 Å². The molecule has 2 rings (SSSR count). The zero-order valence-corrected chi connectivity index (χ0v) is 13.1. The van der Waals surface area contributed by atoms with Crippen LogP contribution in [-0.2, 0) is 23.1 Å². The van der Waals surface area contributed by atoms with Gasteiger partial charge in [-0.15, -0.1) is 11.3 Å². The fraction of sp³-hybridized carbons (Fsp3) is 0.286. The van der Waals surface area contributed by atoms with Gasteiger partial charge >= 0.3 is 0 Å². The summed E-state index contributed by atoms with van der Waals surface area (Å²) < 4.78 is 27.4. The van der Waals surface area contributed by atoms with Gasteiger partial charge in [-0.25, -0.2) is 13.1 Å². The van der Waals surface area contributed by atoms with Gasteiger partial charge in [0.1, 0.15) is 0 Å². The first kappa shape index (κ1) is 15.2. The quantitative estimate of drug-likeness (QED) is 0.860. The Morgan fingerprint density at radius 2 is 1.95 bits per heavy atom. The van der Waals surface area contributed by atoms with Gasteiger partial charge in [0.2, 0.25) is 10.0 Å². The molecule has 0 unspecified atom stereocenters. The van der Waals surface area contributed by atoms with Crippen molar-refractivity contribution in [2.75, 3.05) is 7.05 Å². The van der Waals surface area contributed by atoms with Crippen molar-refractivity contribution in [2.45, 2.75) is 24.9 Å². The van der Waals surface area contributed by atoms with Crippen molar-refractivity contribution in [1.29, 1.82) is 0 Å². The molecule has 0 aliphatic rings. The van der Waals surface area contributed by atoms with Crippen LogP contribution < -0.4 is 10.0 Å². The van der Waals surface area contributed by atoms with Crippen molar-refractivity contribution < 1.29 is 8.42 Å². The van der Waals surface area contributed by atoms with Crippen molar-refractivity contribution >= 4 is 21.4 Å². The van der Waals surface area contributed by atoms with Crippen molar-refractivity contribution in [3.63, 3.8) is 0 Å². The highest BCUT2D eigenvalue weighted by atomic mass is 32.2. The molecule has 4 nitrogen and oxygen atoms in total. The molecule has 0 atom stereocenters. The summed E-state index contributed by atoms with van der Waals surface area (Å²) in [5, 5.41) is 4.98. The van der Waals surface area contributed by atoms with Crippen LogP contribution in [0.4, 0.5) is 0 Å². The summed E-state index contributed by atoms with van der Waals surface area (Å²) in [4.78, 5) is 1.35. The minimum absolute atomic E-state index is 0.329. The van der Waals surface area contributed by atoms with Crippen molar-refractivity contribution in [1.82, 2.24) is 10.0 Å². The molecule has 0 bridgehead atoms. The van der Waals surface area contributed by atoms with Crippen LogP contribution in [0.3, 0.4) is 0 Å². The largest absolute Gasteiger partial charge is 0.316 e. The van der Waals surface area contributed by atoms with Crippen LogP contribution in [0, 0.1) is 6.92 Å². The molecule has 0 saturated carbocycles. The Bertz CT molecular complexity index is 664.